The second kappa shape index (κ2) is 5.45. The van der Waals surface area contributed by atoms with Crippen LogP contribution in [0.25, 0.3) is 0 Å². The second-order valence-corrected chi connectivity index (χ2v) is 5.99. The number of hydrogen-bond donors (Lipinski definition) is 1. The van der Waals surface area contributed by atoms with Crippen LogP contribution in [0.5, 0.6) is 0 Å². The predicted molar refractivity (Wildman–Crippen MR) is 66.4 cm³/mol. The third-order valence-corrected chi connectivity index (χ3v) is 3.22. The van der Waals surface area contributed by atoms with Crippen LogP contribution in [-0.4, -0.2) is 43.7 Å². The quantitative estimate of drug-likeness (QED) is 0.782. The predicted octanol–water partition coefficient (Wildman–Crippen LogP) is 1.71. The van der Waals surface area contributed by atoms with Gasteiger partial charge in [0.05, 0.1) is 12.6 Å². The molecule has 2 aliphatic heterocycles. The van der Waals surface area contributed by atoms with Crippen LogP contribution < -0.4 is 5.32 Å². The summed E-state index contributed by atoms with van der Waals surface area (Å²) in [5.74, 6) is 0.429. The summed E-state index contributed by atoms with van der Waals surface area (Å²) < 4.78 is 16.0. The number of nitrogens with one attached hydrogen (secondary N) is 1. The van der Waals surface area contributed by atoms with E-state index in [2.05, 4.69) is 5.32 Å². The summed E-state index contributed by atoms with van der Waals surface area (Å²) in [7, 11) is 0. The summed E-state index contributed by atoms with van der Waals surface area (Å²) in [4.78, 5) is 11.8. The van der Waals surface area contributed by atoms with E-state index in [1.165, 1.54) is 0 Å². The summed E-state index contributed by atoms with van der Waals surface area (Å²) in [6, 6.07) is 0.0590. The van der Waals surface area contributed by atoms with Crippen molar-refractivity contribution in [2.75, 3.05) is 19.8 Å². The first-order valence-electron chi connectivity index (χ1n) is 6.64. The maximum absolute atomic E-state index is 11.8. The van der Waals surface area contributed by atoms with E-state index in [0.29, 0.717) is 5.92 Å². The van der Waals surface area contributed by atoms with Gasteiger partial charge in [-0.25, -0.2) is 4.79 Å². The first-order valence-corrected chi connectivity index (χ1v) is 6.64. The van der Waals surface area contributed by atoms with Crippen LogP contribution in [0.4, 0.5) is 4.79 Å². The molecule has 2 heterocycles. The van der Waals surface area contributed by atoms with E-state index < -0.39 is 5.60 Å². The van der Waals surface area contributed by atoms with E-state index >= 15 is 0 Å². The Balaban J connectivity index is 1.87. The molecule has 2 rings (SSSR count). The molecule has 5 nitrogen and oxygen atoms in total. The summed E-state index contributed by atoms with van der Waals surface area (Å²) >= 11 is 0. The van der Waals surface area contributed by atoms with Gasteiger partial charge in [0, 0.05) is 13.2 Å². The molecule has 0 saturated carbocycles. The molecule has 2 fully saturated rings. The zero-order chi connectivity index (χ0) is 13.2. The van der Waals surface area contributed by atoms with Gasteiger partial charge in [-0.1, -0.05) is 0 Å². The summed E-state index contributed by atoms with van der Waals surface area (Å²) in [5.41, 5.74) is -0.464. The average Bonchev–Trinajstić information content (AvgIpc) is 3.08. The normalized spacial score (nSPS) is 26.5. The van der Waals surface area contributed by atoms with Gasteiger partial charge in [0.15, 0.2) is 0 Å². The van der Waals surface area contributed by atoms with Crippen molar-refractivity contribution in [1.29, 1.82) is 0 Å². The lowest BCUT2D eigenvalue weighted by Crippen LogP contribution is -2.47. The zero-order valence-corrected chi connectivity index (χ0v) is 11.4. The van der Waals surface area contributed by atoms with Crippen LogP contribution in [0.3, 0.4) is 0 Å². The van der Waals surface area contributed by atoms with Crippen LogP contribution in [0.1, 0.15) is 33.6 Å². The Hall–Kier alpha value is -0.810. The number of epoxide rings is 1. The van der Waals surface area contributed by atoms with E-state index in [9.17, 15) is 4.79 Å². The number of alkyl carbamates (subject to hydrolysis) is 1. The van der Waals surface area contributed by atoms with Crippen molar-refractivity contribution in [2.45, 2.75) is 51.4 Å². The third kappa shape index (κ3) is 4.14. The van der Waals surface area contributed by atoms with Crippen molar-refractivity contribution in [3.63, 3.8) is 0 Å². The topological polar surface area (TPSA) is 60.1 Å². The van der Waals surface area contributed by atoms with Gasteiger partial charge in [0.25, 0.3) is 0 Å². The summed E-state index contributed by atoms with van der Waals surface area (Å²) in [5, 5.41) is 2.96. The molecule has 0 aromatic carbocycles. The minimum atomic E-state index is -0.464. The minimum absolute atomic E-state index is 0.0590. The smallest absolute Gasteiger partial charge is 0.407 e. The highest BCUT2D eigenvalue weighted by atomic mass is 16.6. The van der Waals surface area contributed by atoms with Gasteiger partial charge in [-0.05, 0) is 39.5 Å². The summed E-state index contributed by atoms with van der Waals surface area (Å²) in [6.45, 7) is 7.86. The molecule has 18 heavy (non-hydrogen) atoms. The number of carbonyl (C=O) groups is 1. The third-order valence-electron chi connectivity index (χ3n) is 3.22. The molecule has 0 aliphatic carbocycles. The lowest BCUT2D eigenvalue weighted by atomic mass is 9.90. The van der Waals surface area contributed by atoms with Crippen molar-refractivity contribution in [3.05, 3.63) is 0 Å². The molecule has 0 radical (unpaired) electrons. The largest absolute Gasteiger partial charge is 0.444 e. The van der Waals surface area contributed by atoms with Gasteiger partial charge in [0.1, 0.15) is 11.7 Å². The molecular formula is C13H23NO4. The number of ether oxygens (including phenoxy) is 3. The summed E-state index contributed by atoms with van der Waals surface area (Å²) in [6.07, 6.45) is 1.75. The Bertz CT molecular complexity index is 290. The van der Waals surface area contributed by atoms with Crippen LogP contribution in [0.2, 0.25) is 0 Å². The maximum Gasteiger partial charge on any atom is 0.407 e. The molecule has 0 spiro atoms. The monoisotopic (exact) mass is 257 g/mol. The number of amides is 1. The fourth-order valence-electron chi connectivity index (χ4n) is 2.30. The number of hydrogen-bond acceptors (Lipinski definition) is 4. The van der Waals surface area contributed by atoms with Crippen LogP contribution >= 0.6 is 0 Å². The Kier molecular flexibility index (Phi) is 4.12. The molecule has 1 N–H and O–H groups in total. The van der Waals surface area contributed by atoms with Gasteiger partial charge in [0.2, 0.25) is 0 Å². The molecule has 5 heteroatoms. The van der Waals surface area contributed by atoms with Crippen molar-refractivity contribution >= 4 is 6.09 Å². The lowest BCUT2D eigenvalue weighted by molar-refractivity contribution is 0.0317. The van der Waals surface area contributed by atoms with Crippen LogP contribution in [0, 0.1) is 5.92 Å². The van der Waals surface area contributed by atoms with Gasteiger partial charge >= 0.3 is 6.09 Å². The average molecular weight is 257 g/mol. The standard InChI is InChI=1S/C13H23NO4/c1-13(2,3)18-12(15)14-11(10-8-17-10)9-4-6-16-7-5-9/h9-11H,4-8H2,1-3H3,(H,14,15). The van der Waals surface area contributed by atoms with Crippen LogP contribution in [-0.2, 0) is 14.2 Å². The maximum atomic E-state index is 11.8. The highest BCUT2D eigenvalue weighted by molar-refractivity contribution is 5.68. The Morgan fingerprint density at radius 2 is 1.94 bits per heavy atom. The lowest BCUT2D eigenvalue weighted by Gasteiger charge is -2.30. The minimum Gasteiger partial charge on any atom is -0.444 e. The van der Waals surface area contributed by atoms with E-state index in [-0.39, 0.29) is 18.2 Å². The second-order valence-electron chi connectivity index (χ2n) is 5.99. The molecular weight excluding hydrogens is 234 g/mol. The molecule has 2 atom stereocenters. The van der Waals surface area contributed by atoms with Crippen molar-refractivity contribution in [2.24, 2.45) is 5.92 Å². The fraction of sp³-hybridized carbons (Fsp3) is 0.923. The van der Waals surface area contributed by atoms with Crippen LogP contribution in [0.15, 0.2) is 0 Å². The highest BCUT2D eigenvalue weighted by Crippen LogP contribution is 2.27. The van der Waals surface area contributed by atoms with E-state index in [1.54, 1.807) is 0 Å². The molecule has 0 aromatic rings. The van der Waals surface area contributed by atoms with Crippen molar-refractivity contribution < 1.29 is 19.0 Å². The van der Waals surface area contributed by atoms with Crippen molar-refractivity contribution in [1.82, 2.24) is 5.32 Å². The van der Waals surface area contributed by atoms with E-state index in [1.807, 2.05) is 20.8 Å². The molecule has 2 saturated heterocycles. The zero-order valence-electron chi connectivity index (χ0n) is 11.4. The molecule has 2 unspecified atom stereocenters. The number of rotatable bonds is 3. The van der Waals surface area contributed by atoms with E-state index in [4.69, 9.17) is 14.2 Å². The van der Waals surface area contributed by atoms with Gasteiger partial charge in [-0.15, -0.1) is 0 Å². The first kappa shape index (κ1) is 13.6. The molecule has 2 aliphatic rings. The van der Waals surface area contributed by atoms with Gasteiger partial charge < -0.3 is 19.5 Å². The molecule has 104 valence electrons. The first-order chi connectivity index (χ1) is 8.46. The Labute approximate surface area is 108 Å². The number of carbonyl (C=O) groups excluding carboxylic acids is 1. The van der Waals surface area contributed by atoms with Gasteiger partial charge in [-0.3, -0.25) is 0 Å². The van der Waals surface area contributed by atoms with Gasteiger partial charge in [-0.2, -0.15) is 0 Å². The van der Waals surface area contributed by atoms with E-state index in [0.717, 1.165) is 32.7 Å². The Morgan fingerprint density at radius 1 is 1.33 bits per heavy atom. The Morgan fingerprint density at radius 3 is 2.44 bits per heavy atom. The SMILES string of the molecule is CC(C)(C)OC(=O)NC(C1CCOCC1)C1CO1. The highest BCUT2D eigenvalue weighted by Gasteiger charge is 2.40. The molecule has 0 aromatic heterocycles. The van der Waals surface area contributed by atoms with Crippen molar-refractivity contribution in [3.8, 4) is 0 Å². The molecule has 0 bridgehead atoms. The molecule has 1 amide bonds. The fourth-order valence-corrected chi connectivity index (χ4v) is 2.30.